The summed E-state index contributed by atoms with van der Waals surface area (Å²) in [4.78, 5) is 0. The minimum atomic E-state index is -1.52. The molecule has 1 heterocycles. The fraction of sp³-hybridized carbons (Fsp3) is 0.182. The molecule has 0 amide bonds. The van der Waals surface area contributed by atoms with Crippen LogP contribution < -0.4 is 15.9 Å². The Bertz CT molecular complexity index is 753. The van der Waals surface area contributed by atoms with Gasteiger partial charge in [0.1, 0.15) is 23.2 Å². The van der Waals surface area contributed by atoms with Crippen molar-refractivity contribution in [3.8, 4) is 0 Å². The second-order valence-corrected chi connectivity index (χ2v) is 10.0. The van der Waals surface area contributed by atoms with E-state index in [2.05, 4.69) is 91.9 Å². The highest BCUT2D eigenvalue weighted by molar-refractivity contribution is 7.95. The smallest absolute Gasteiger partial charge is 0.0620 e. The fourth-order valence-corrected chi connectivity index (χ4v) is 8.79. The summed E-state index contributed by atoms with van der Waals surface area (Å²) >= 11 is 0. The van der Waals surface area contributed by atoms with Crippen LogP contribution in [0.3, 0.4) is 0 Å². The molecule has 23 heavy (non-hydrogen) atoms. The second kappa shape index (κ2) is 5.95. The molecule has 114 valence electrons. The topological polar surface area (TPSA) is 0 Å². The first-order valence-electron chi connectivity index (χ1n) is 8.41. The maximum atomic E-state index is 2.39. The molecule has 0 N–H and O–H groups in total. The molecule has 3 aromatic rings. The lowest BCUT2D eigenvalue weighted by Crippen LogP contribution is -2.38. The van der Waals surface area contributed by atoms with Crippen molar-refractivity contribution in [1.29, 1.82) is 0 Å². The van der Waals surface area contributed by atoms with Crippen molar-refractivity contribution in [2.24, 2.45) is 0 Å². The Morgan fingerprint density at radius 1 is 0.696 bits per heavy atom. The first-order chi connectivity index (χ1) is 11.3. The summed E-state index contributed by atoms with van der Waals surface area (Å²) in [5, 5.41) is 4.63. The standard InChI is InChI=1S/C22H22P/c1-18-16-17-23(19-10-4-2-5-11-19,20-12-6-3-7-13-20)22-15-9-8-14-21(18)22/h2-15,18H,16-17H2,1H3/q+1. The van der Waals surface area contributed by atoms with Crippen LogP contribution in [-0.4, -0.2) is 6.16 Å². The highest BCUT2D eigenvalue weighted by Crippen LogP contribution is 2.60. The molecule has 0 radical (unpaired) electrons. The predicted octanol–water partition coefficient (Wildman–Crippen LogP) is 4.49. The molecule has 1 heteroatoms. The maximum absolute atomic E-state index is 2.39. The van der Waals surface area contributed by atoms with Crippen molar-refractivity contribution in [3.63, 3.8) is 0 Å². The lowest BCUT2D eigenvalue weighted by atomic mass is 9.98. The van der Waals surface area contributed by atoms with E-state index < -0.39 is 7.26 Å². The van der Waals surface area contributed by atoms with E-state index in [4.69, 9.17) is 0 Å². The summed E-state index contributed by atoms with van der Waals surface area (Å²) in [6.45, 7) is 2.38. The zero-order valence-corrected chi connectivity index (χ0v) is 14.4. The van der Waals surface area contributed by atoms with Crippen molar-refractivity contribution in [1.82, 2.24) is 0 Å². The van der Waals surface area contributed by atoms with Crippen LogP contribution in [0.15, 0.2) is 84.9 Å². The number of hydrogen-bond donors (Lipinski definition) is 0. The monoisotopic (exact) mass is 317 g/mol. The molecule has 4 rings (SSSR count). The summed E-state index contributed by atoms with van der Waals surface area (Å²) in [5.41, 5.74) is 1.56. The van der Waals surface area contributed by atoms with Gasteiger partial charge in [0.2, 0.25) is 0 Å². The van der Waals surface area contributed by atoms with E-state index in [0.29, 0.717) is 5.92 Å². The summed E-state index contributed by atoms with van der Waals surface area (Å²) in [5.74, 6) is 0.659. The summed E-state index contributed by atoms with van der Waals surface area (Å²) in [7, 11) is -1.52. The van der Waals surface area contributed by atoms with Gasteiger partial charge in [-0.05, 0) is 48.2 Å². The van der Waals surface area contributed by atoms with E-state index >= 15 is 0 Å². The van der Waals surface area contributed by atoms with E-state index in [1.54, 1.807) is 10.9 Å². The average molecular weight is 317 g/mol. The van der Waals surface area contributed by atoms with E-state index in [9.17, 15) is 0 Å². The Kier molecular flexibility index (Phi) is 3.79. The molecule has 1 aliphatic rings. The molecule has 0 bridgehead atoms. The van der Waals surface area contributed by atoms with Crippen LogP contribution >= 0.6 is 7.26 Å². The molecular weight excluding hydrogens is 295 g/mol. The average Bonchev–Trinajstić information content (AvgIpc) is 2.64. The van der Waals surface area contributed by atoms with Gasteiger partial charge in [0.15, 0.2) is 0 Å². The normalized spacial score (nSPS) is 19.1. The third-order valence-corrected chi connectivity index (χ3v) is 9.69. The predicted molar refractivity (Wildman–Crippen MR) is 103 cm³/mol. The van der Waals surface area contributed by atoms with Gasteiger partial charge in [-0.2, -0.15) is 0 Å². The molecular formula is C22H22P+. The first-order valence-corrected chi connectivity index (χ1v) is 10.4. The highest BCUT2D eigenvalue weighted by atomic mass is 31.2. The molecule has 0 spiro atoms. The van der Waals surface area contributed by atoms with Crippen molar-refractivity contribution >= 4 is 23.2 Å². The summed E-state index contributed by atoms with van der Waals surface area (Å²) in [6.07, 6.45) is 2.55. The first kappa shape index (κ1) is 14.7. The third kappa shape index (κ3) is 2.33. The van der Waals surface area contributed by atoms with E-state index in [1.807, 2.05) is 0 Å². The van der Waals surface area contributed by atoms with Gasteiger partial charge in [-0.25, -0.2) is 0 Å². The largest absolute Gasteiger partial charge is 0.112 e. The van der Waals surface area contributed by atoms with Crippen molar-refractivity contribution < 1.29 is 0 Å². The van der Waals surface area contributed by atoms with E-state index in [-0.39, 0.29) is 0 Å². The van der Waals surface area contributed by atoms with Crippen molar-refractivity contribution in [2.45, 2.75) is 19.3 Å². The Morgan fingerprint density at radius 3 is 1.83 bits per heavy atom. The van der Waals surface area contributed by atoms with Crippen LogP contribution in [0.5, 0.6) is 0 Å². The number of rotatable bonds is 2. The number of hydrogen-bond acceptors (Lipinski definition) is 0. The molecule has 3 aromatic carbocycles. The van der Waals surface area contributed by atoms with Gasteiger partial charge in [0.05, 0.1) is 6.16 Å². The van der Waals surface area contributed by atoms with Gasteiger partial charge in [0.25, 0.3) is 0 Å². The Morgan fingerprint density at radius 2 is 1.22 bits per heavy atom. The molecule has 0 aromatic heterocycles. The molecule has 1 atom stereocenters. The van der Waals surface area contributed by atoms with Crippen LogP contribution in [0.2, 0.25) is 0 Å². The second-order valence-electron chi connectivity index (χ2n) is 6.45. The summed E-state index contributed by atoms with van der Waals surface area (Å²) in [6, 6.07) is 31.6. The Balaban J connectivity index is 2.04. The minimum absolute atomic E-state index is 0.659. The quantitative estimate of drug-likeness (QED) is 0.611. The SMILES string of the molecule is CC1CC[P+](c2ccccc2)(c2ccccc2)c2ccccc21. The van der Waals surface area contributed by atoms with Gasteiger partial charge in [-0.3, -0.25) is 0 Å². The van der Waals surface area contributed by atoms with Crippen LogP contribution in [0.25, 0.3) is 0 Å². The molecule has 0 fully saturated rings. The van der Waals surface area contributed by atoms with Gasteiger partial charge < -0.3 is 0 Å². The molecule has 1 unspecified atom stereocenters. The van der Waals surface area contributed by atoms with E-state index in [1.165, 1.54) is 23.2 Å². The fourth-order valence-electron chi connectivity index (χ4n) is 3.97. The van der Waals surface area contributed by atoms with Crippen LogP contribution in [0, 0.1) is 0 Å². The molecule has 0 aliphatic carbocycles. The van der Waals surface area contributed by atoms with Crippen LogP contribution in [-0.2, 0) is 0 Å². The third-order valence-electron chi connectivity index (χ3n) is 5.17. The van der Waals surface area contributed by atoms with E-state index in [0.717, 1.165) is 0 Å². The number of benzene rings is 3. The Labute approximate surface area is 139 Å². The lowest BCUT2D eigenvalue weighted by Gasteiger charge is -2.35. The zero-order valence-electron chi connectivity index (χ0n) is 13.5. The van der Waals surface area contributed by atoms with Gasteiger partial charge >= 0.3 is 0 Å². The van der Waals surface area contributed by atoms with Gasteiger partial charge in [-0.1, -0.05) is 61.5 Å². The Hall–Kier alpha value is -1.91. The maximum Gasteiger partial charge on any atom is 0.112 e. The van der Waals surface area contributed by atoms with Gasteiger partial charge in [-0.15, -0.1) is 0 Å². The molecule has 0 nitrogen and oxygen atoms in total. The highest BCUT2D eigenvalue weighted by Gasteiger charge is 2.49. The zero-order chi connectivity index (χ0) is 15.7. The minimum Gasteiger partial charge on any atom is -0.0620 e. The lowest BCUT2D eigenvalue weighted by molar-refractivity contribution is 0.734. The van der Waals surface area contributed by atoms with Crippen LogP contribution in [0.4, 0.5) is 0 Å². The van der Waals surface area contributed by atoms with Crippen LogP contribution in [0.1, 0.15) is 24.8 Å². The number of fused-ring (bicyclic) bond motifs is 1. The molecule has 1 aliphatic heterocycles. The molecule has 0 saturated carbocycles. The summed E-state index contributed by atoms with van der Waals surface area (Å²) < 4.78 is 0. The van der Waals surface area contributed by atoms with Gasteiger partial charge in [0, 0.05) is 0 Å². The van der Waals surface area contributed by atoms with Crippen molar-refractivity contribution in [2.75, 3.05) is 6.16 Å². The van der Waals surface area contributed by atoms with Crippen molar-refractivity contribution in [3.05, 3.63) is 90.5 Å². The molecule has 0 saturated heterocycles.